The van der Waals surface area contributed by atoms with Crippen LogP contribution in [0.15, 0.2) is 29.3 Å². The molecule has 0 radical (unpaired) electrons. The van der Waals surface area contributed by atoms with Crippen LogP contribution in [0.2, 0.25) is 0 Å². The third-order valence-corrected chi connectivity index (χ3v) is 6.10. The lowest BCUT2D eigenvalue weighted by molar-refractivity contribution is 0.0780. The van der Waals surface area contributed by atoms with E-state index in [2.05, 4.69) is 41.3 Å². The van der Waals surface area contributed by atoms with Crippen molar-refractivity contribution in [3.8, 4) is 5.75 Å². The zero-order chi connectivity index (χ0) is 18.8. The Bertz CT molecular complexity index is 557. The number of hydrogen-bond donors (Lipinski definition) is 1. The molecule has 1 aromatic carbocycles. The normalized spacial score (nSPS) is 16.4. The highest BCUT2D eigenvalue weighted by Gasteiger charge is 2.32. The summed E-state index contributed by atoms with van der Waals surface area (Å²) in [6.07, 6.45) is 2.19. The van der Waals surface area contributed by atoms with Crippen LogP contribution in [-0.2, 0) is 11.3 Å². The molecule has 1 N–H and O–H groups in total. The molecule has 7 heteroatoms. The fraction of sp³-hybridized carbons (Fsp3) is 0.650. The van der Waals surface area contributed by atoms with E-state index >= 15 is 0 Å². The van der Waals surface area contributed by atoms with Gasteiger partial charge in [0.1, 0.15) is 5.75 Å². The third kappa shape index (κ3) is 7.69. The summed E-state index contributed by atoms with van der Waals surface area (Å²) in [5.74, 6) is 2.98. The van der Waals surface area contributed by atoms with Crippen LogP contribution in [0.4, 0.5) is 0 Å². The average Bonchev–Trinajstić information content (AvgIpc) is 2.65. The van der Waals surface area contributed by atoms with E-state index in [1.807, 2.05) is 37.9 Å². The lowest BCUT2D eigenvalue weighted by Gasteiger charge is -2.37. The number of aliphatic imine (C=N–C) groups is 1. The van der Waals surface area contributed by atoms with Gasteiger partial charge in [-0.15, -0.1) is 24.0 Å². The van der Waals surface area contributed by atoms with Gasteiger partial charge < -0.3 is 19.7 Å². The standard InChI is InChI=1S/C20H33N3O2S.HI/c1-5-25-18-9-7-17(8-10-18)15-23(4)19(21-3)22-16-20(26-6-2)11-13-24-14-12-20;/h7-10H,5-6,11-16H2,1-4H3,(H,21,22);1H. The van der Waals surface area contributed by atoms with Gasteiger partial charge in [-0.25, -0.2) is 0 Å². The molecule has 0 atom stereocenters. The third-order valence-electron chi connectivity index (χ3n) is 4.65. The maximum absolute atomic E-state index is 5.57. The van der Waals surface area contributed by atoms with Crippen molar-refractivity contribution in [3.05, 3.63) is 29.8 Å². The van der Waals surface area contributed by atoms with E-state index in [0.29, 0.717) is 6.61 Å². The minimum absolute atomic E-state index is 0. The van der Waals surface area contributed by atoms with Crippen LogP contribution in [0.5, 0.6) is 5.75 Å². The van der Waals surface area contributed by atoms with Gasteiger partial charge in [0, 0.05) is 45.1 Å². The molecule has 2 rings (SSSR count). The molecule has 0 aromatic heterocycles. The first-order chi connectivity index (χ1) is 12.6. The first-order valence-corrected chi connectivity index (χ1v) is 10.5. The molecule has 0 amide bonds. The molecule has 0 spiro atoms. The molecule has 1 aliphatic heterocycles. The van der Waals surface area contributed by atoms with Gasteiger partial charge in [0.15, 0.2) is 5.96 Å². The van der Waals surface area contributed by atoms with Gasteiger partial charge in [-0.1, -0.05) is 19.1 Å². The van der Waals surface area contributed by atoms with Crippen LogP contribution < -0.4 is 10.1 Å². The van der Waals surface area contributed by atoms with E-state index in [0.717, 1.165) is 56.6 Å². The second-order valence-electron chi connectivity index (χ2n) is 6.56. The summed E-state index contributed by atoms with van der Waals surface area (Å²) >= 11 is 2.04. The molecular formula is C20H34IN3O2S. The molecule has 1 aromatic rings. The van der Waals surface area contributed by atoms with Crippen molar-refractivity contribution in [2.45, 2.75) is 38.0 Å². The number of halogens is 1. The Morgan fingerprint density at radius 2 is 1.93 bits per heavy atom. The van der Waals surface area contributed by atoms with E-state index in [1.165, 1.54) is 5.56 Å². The summed E-state index contributed by atoms with van der Waals surface area (Å²) in [6.45, 7) is 8.37. The minimum atomic E-state index is 0. The highest BCUT2D eigenvalue weighted by molar-refractivity contribution is 14.0. The Labute approximate surface area is 185 Å². The zero-order valence-electron chi connectivity index (χ0n) is 17.0. The van der Waals surface area contributed by atoms with Crippen LogP contribution in [0.3, 0.4) is 0 Å². The highest BCUT2D eigenvalue weighted by Crippen LogP contribution is 2.34. The van der Waals surface area contributed by atoms with Crippen molar-refractivity contribution in [2.24, 2.45) is 4.99 Å². The van der Waals surface area contributed by atoms with E-state index < -0.39 is 0 Å². The zero-order valence-corrected chi connectivity index (χ0v) is 20.1. The molecule has 27 heavy (non-hydrogen) atoms. The highest BCUT2D eigenvalue weighted by atomic mass is 127. The Morgan fingerprint density at radius 3 is 2.48 bits per heavy atom. The Hall–Kier alpha value is -0.670. The summed E-state index contributed by atoms with van der Waals surface area (Å²) in [4.78, 5) is 6.64. The quantitative estimate of drug-likeness (QED) is 0.327. The molecule has 0 bridgehead atoms. The number of hydrogen-bond acceptors (Lipinski definition) is 4. The van der Waals surface area contributed by atoms with Gasteiger partial charge in [0.25, 0.3) is 0 Å². The molecule has 1 saturated heterocycles. The van der Waals surface area contributed by atoms with Crippen LogP contribution in [-0.4, -0.2) is 61.8 Å². The van der Waals surface area contributed by atoms with Gasteiger partial charge in [0.05, 0.1) is 6.61 Å². The SMILES string of the molecule is CCOc1ccc(CN(C)C(=NC)NCC2(SCC)CCOCC2)cc1.I. The number of benzene rings is 1. The summed E-state index contributed by atoms with van der Waals surface area (Å²) in [6, 6.07) is 8.28. The average molecular weight is 507 g/mol. The molecule has 5 nitrogen and oxygen atoms in total. The lowest BCUT2D eigenvalue weighted by Crippen LogP contribution is -2.48. The van der Waals surface area contributed by atoms with E-state index in [-0.39, 0.29) is 28.7 Å². The number of ether oxygens (including phenoxy) is 2. The molecule has 1 heterocycles. The van der Waals surface area contributed by atoms with Gasteiger partial charge >= 0.3 is 0 Å². The Kier molecular flexibility index (Phi) is 11.5. The largest absolute Gasteiger partial charge is 0.494 e. The molecule has 1 fully saturated rings. The molecular weight excluding hydrogens is 473 g/mol. The van der Waals surface area contributed by atoms with E-state index in [9.17, 15) is 0 Å². The lowest BCUT2D eigenvalue weighted by atomic mass is 9.99. The van der Waals surface area contributed by atoms with Crippen molar-refractivity contribution >= 4 is 41.7 Å². The fourth-order valence-corrected chi connectivity index (χ4v) is 4.50. The molecule has 1 aliphatic rings. The van der Waals surface area contributed by atoms with Crippen LogP contribution in [0, 0.1) is 0 Å². The maximum atomic E-state index is 5.57. The van der Waals surface area contributed by atoms with Crippen molar-refractivity contribution in [3.63, 3.8) is 0 Å². The van der Waals surface area contributed by atoms with Crippen LogP contribution >= 0.6 is 35.7 Å². The molecule has 0 saturated carbocycles. The summed E-state index contributed by atoms with van der Waals surface area (Å²) in [7, 11) is 3.93. The summed E-state index contributed by atoms with van der Waals surface area (Å²) in [5.41, 5.74) is 1.24. The van der Waals surface area contributed by atoms with Crippen LogP contribution in [0.1, 0.15) is 32.3 Å². The van der Waals surface area contributed by atoms with Gasteiger partial charge in [-0.05, 0) is 43.2 Å². The van der Waals surface area contributed by atoms with Crippen molar-refractivity contribution < 1.29 is 9.47 Å². The fourth-order valence-electron chi connectivity index (χ4n) is 3.25. The predicted octanol–water partition coefficient (Wildman–Crippen LogP) is 4.01. The predicted molar refractivity (Wildman–Crippen MR) is 127 cm³/mol. The smallest absolute Gasteiger partial charge is 0.193 e. The first-order valence-electron chi connectivity index (χ1n) is 9.47. The molecule has 0 aliphatic carbocycles. The van der Waals surface area contributed by atoms with Crippen LogP contribution in [0.25, 0.3) is 0 Å². The summed E-state index contributed by atoms with van der Waals surface area (Å²) in [5, 5.41) is 3.59. The van der Waals surface area contributed by atoms with Crippen molar-refractivity contribution in [1.82, 2.24) is 10.2 Å². The maximum Gasteiger partial charge on any atom is 0.193 e. The number of rotatable bonds is 8. The first kappa shape index (κ1) is 24.4. The van der Waals surface area contributed by atoms with E-state index in [4.69, 9.17) is 9.47 Å². The Morgan fingerprint density at radius 1 is 1.26 bits per heavy atom. The van der Waals surface area contributed by atoms with Crippen molar-refractivity contribution in [1.29, 1.82) is 0 Å². The van der Waals surface area contributed by atoms with Gasteiger partial charge in [-0.3, -0.25) is 4.99 Å². The minimum Gasteiger partial charge on any atom is -0.494 e. The monoisotopic (exact) mass is 507 g/mol. The molecule has 154 valence electrons. The number of thioether (sulfide) groups is 1. The van der Waals surface area contributed by atoms with Gasteiger partial charge in [-0.2, -0.15) is 11.8 Å². The topological polar surface area (TPSA) is 46.1 Å². The summed E-state index contributed by atoms with van der Waals surface area (Å²) < 4.78 is 11.3. The van der Waals surface area contributed by atoms with E-state index in [1.54, 1.807) is 0 Å². The number of nitrogens with one attached hydrogen (secondary N) is 1. The second kappa shape index (κ2) is 12.7. The second-order valence-corrected chi connectivity index (χ2v) is 8.29. The van der Waals surface area contributed by atoms with Crippen molar-refractivity contribution in [2.75, 3.05) is 46.2 Å². The number of guanidine groups is 1. The van der Waals surface area contributed by atoms with Gasteiger partial charge in [0.2, 0.25) is 0 Å². The molecule has 0 unspecified atom stereocenters. The number of nitrogens with zero attached hydrogens (tertiary/aromatic N) is 2. The Balaban J connectivity index is 0.00000364.